The highest BCUT2D eigenvalue weighted by Gasteiger charge is 2.44. The predicted molar refractivity (Wildman–Crippen MR) is 134 cm³/mol. The smallest absolute Gasteiger partial charge is 0.383 e. The maximum Gasteiger partial charge on any atom is 0.408 e. The van der Waals surface area contributed by atoms with Crippen LogP contribution in [0.3, 0.4) is 0 Å². The molecule has 2 aliphatic rings. The van der Waals surface area contributed by atoms with E-state index in [1.807, 2.05) is 0 Å². The van der Waals surface area contributed by atoms with Crippen molar-refractivity contribution in [3.05, 3.63) is 58.0 Å². The molecular weight excluding hydrogens is 493 g/mol. The Balaban J connectivity index is 1.59. The van der Waals surface area contributed by atoms with Gasteiger partial charge in [0.2, 0.25) is 0 Å². The van der Waals surface area contributed by atoms with E-state index in [0.29, 0.717) is 55.6 Å². The number of H-pyrrole nitrogens is 1. The third-order valence-corrected chi connectivity index (χ3v) is 7.20. The zero-order valence-electron chi connectivity index (χ0n) is 19.4. The minimum atomic E-state index is -4.41. The number of nitrogens with two attached hydrogens (primary N) is 1. The fourth-order valence-corrected chi connectivity index (χ4v) is 5.39. The van der Waals surface area contributed by atoms with Crippen LogP contribution in [0.25, 0.3) is 0 Å². The summed E-state index contributed by atoms with van der Waals surface area (Å²) in [6, 6.07) is 7.58. The van der Waals surface area contributed by atoms with Crippen LogP contribution >= 0.6 is 11.8 Å². The highest BCUT2D eigenvalue weighted by atomic mass is 32.2. The number of nitrogens with one attached hydrogen (secondary N) is 2. The van der Waals surface area contributed by atoms with E-state index in [2.05, 4.69) is 21.4 Å². The Morgan fingerprint density at radius 2 is 2.00 bits per heavy atom. The molecule has 36 heavy (non-hydrogen) atoms. The van der Waals surface area contributed by atoms with E-state index in [9.17, 15) is 23.2 Å². The summed E-state index contributed by atoms with van der Waals surface area (Å²) in [6.45, 7) is 1.53. The minimum Gasteiger partial charge on any atom is -0.383 e. The van der Waals surface area contributed by atoms with Crippen LogP contribution in [0.4, 0.5) is 24.5 Å². The maximum absolute atomic E-state index is 13.9. The number of benzene rings is 1. The van der Waals surface area contributed by atoms with Crippen molar-refractivity contribution in [3.63, 3.8) is 0 Å². The Morgan fingerprint density at radius 1 is 1.28 bits per heavy atom. The second kappa shape index (κ2) is 11.4. The Labute approximate surface area is 210 Å². The van der Waals surface area contributed by atoms with Crippen molar-refractivity contribution in [2.75, 3.05) is 43.1 Å². The number of nitrogens with zero attached hydrogens (tertiary/aromatic N) is 3. The van der Waals surface area contributed by atoms with Crippen LogP contribution < -0.4 is 16.6 Å². The van der Waals surface area contributed by atoms with Crippen LogP contribution in [0, 0.1) is 17.2 Å². The van der Waals surface area contributed by atoms with Gasteiger partial charge in [-0.1, -0.05) is 12.1 Å². The first kappa shape index (κ1) is 26.1. The average molecular weight is 521 g/mol. The third kappa shape index (κ3) is 6.03. The molecular formula is C24H27F3N6O2S. The molecule has 1 aromatic heterocycles. The number of nitriles is 1. The van der Waals surface area contributed by atoms with Gasteiger partial charge < -0.3 is 20.8 Å². The molecule has 0 aliphatic carbocycles. The van der Waals surface area contributed by atoms with Gasteiger partial charge in [0.25, 0.3) is 5.56 Å². The molecule has 12 heteroatoms. The summed E-state index contributed by atoms with van der Waals surface area (Å²) in [6.07, 6.45) is -2.39. The maximum atomic E-state index is 13.9. The molecule has 192 valence electrons. The third-order valence-electron chi connectivity index (χ3n) is 6.26. The van der Waals surface area contributed by atoms with Gasteiger partial charge in [0.1, 0.15) is 17.4 Å². The molecule has 3 heterocycles. The summed E-state index contributed by atoms with van der Waals surface area (Å²) in [5.74, 6) is 0.931. The first-order valence-electron chi connectivity index (χ1n) is 11.6. The van der Waals surface area contributed by atoms with Gasteiger partial charge >= 0.3 is 6.18 Å². The second-order valence-corrected chi connectivity index (χ2v) is 9.85. The number of aromatic amines is 1. The average Bonchev–Trinajstić information content (AvgIpc) is 2.85. The van der Waals surface area contributed by atoms with Crippen LogP contribution in [0.15, 0.2) is 46.3 Å². The van der Waals surface area contributed by atoms with Gasteiger partial charge in [-0.3, -0.25) is 9.69 Å². The molecule has 2 unspecified atom stereocenters. The highest BCUT2D eigenvalue weighted by molar-refractivity contribution is 7.99. The van der Waals surface area contributed by atoms with E-state index in [1.165, 1.54) is 35.4 Å². The Bertz CT molecular complexity index is 1170. The van der Waals surface area contributed by atoms with Crippen LogP contribution in [-0.4, -0.2) is 65.7 Å². The van der Waals surface area contributed by atoms with Gasteiger partial charge in [0, 0.05) is 37.4 Å². The van der Waals surface area contributed by atoms with Gasteiger partial charge in [0.05, 0.1) is 36.0 Å². The Hall–Kier alpha value is -3.01. The predicted octanol–water partition coefficient (Wildman–Crippen LogP) is 3.40. The fourth-order valence-electron chi connectivity index (χ4n) is 4.46. The first-order chi connectivity index (χ1) is 17.3. The van der Waals surface area contributed by atoms with Crippen molar-refractivity contribution < 1.29 is 17.9 Å². The van der Waals surface area contributed by atoms with Crippen molar-refractivity contribution in [3.8, 4) is 6.07 Å². The van der Waals surface area contributed by atoms with Crippen molar-refractivity contribution in [1.29, 1.82) is 5.26 Å². The second-order valence-electron chi connectivity index (χ2n) is 8.63. The molecule has 2 aliphatic heterocycles. The summed E-state index contributed by atoms with van der Waals surface area (Å²) >= 11 is 1.65. The summed E-state index contributed by atoms with van der Waals surface area (Å²) in [7, 11) is 0. The molecule has 0 bridgehead atoms. The number of halogens is 3. The van der Waals surface area contributed by atoms with Crippen LogP contribution in [0.5, 0.6) is 0 Å². The molecule has 0 spiro atoms. The molecule has 2 saturated heterocycles. The van der Waals surface area contributed by atoms with Gasteiger partial charge in [-0.15, -0.1) is 0 Å². The summed E-state index contributed by atoms with van der Waals surface area (Å²) in [5, 5.41) is 12.6. The SMILES string of the molecule is N#CC1CCOC[C@@H]1Nc1cc[nH]c(=O)c1C(N)=Nc1ccc(C(N2CCSCC2)C(F)(F)F)cc1. The lowest BCUT2D eigenvalue weighted by atomic mass is 9.96. The molecule has 3 atom stereocenters. The lowest BCUT2D eigenvalue weighted by Gasteiger charge is -2.35. The topological polar surface area (TPSA) is 120 Å². The van der Waals surface area contributed by atoms with Crippen molar-refractivity contribution in [2.45, 2.75) is 24.7 Å². The van der Waals surface area contributed by atoms with E-state index in [-0.39, 0.29) is 28.9 Å². The number of pyridine rings is 1. The van der Waals surface area contributed by atoms with Gasteiger partial charge in [0.15, 0.2) is 0 Å². The van der Waals surface area contributed by atoms with Crippen LogP contribution in [0.1, 0.15) is 23.6 Å². The lowest BCUT2D eigenvalue weighted by Crippen LogP contribution is -2.42. The fraction of sp³-hybridized carbons (Fsp3) is 0.458. The number of rotatable bonds is 6. The van der Waals surface area contributed by atoms with Crippen LogP contribution in [0.2, 0.25) is 0 Å². The van der Waals surface area contributed by atoms with E-state index >= 15 is 0 Å². The van der Waals surface area contributed by atoms with Gasteiger partial charge in [-0.2, -0.15) is 30.2 Å². The molecule has 0 saturated carbocycles. The number of aliphatic imine (C=N–C) groups is 1. The number of anilines is 1. The van der Waals surface area contributed by atoms with Gasteiger partial charge in [-0.25, -0.2) is 4.99 Å². The molecule has 4 N–H and O–H groups in total. The molecule has 4 rings (SSSR count). The van der Waals surface area contributed by atoms with E-state index in [4.69, 9.17) is 10.5 Å². The monoisotopic (exact) mass is 520 g/mol. The van der Waals surface area contributed by atoms with Gasteiger partial charge in [-0.05, 0) is 30.2 Å². The van der Waals surface area contributed by atoms with Crippen LogP contribution in [-0.2, 0) is 4.74 Å². The number of aromatic nitrogens is 1. The Morgan fingerprint density at radius 3 is 2.67 bits per heavy atom. The number of alkyl halides is 3. The largest absolute Gasteiger partial charge is 0.408 e. The zero-order chi connectivity index (χ0) is 25.7. The summed E-state index contributed by atoms with van der Waals surface area (Å²) in [4.78, 5) is 20.9. The highest BCUT2D eigenvalue weighted by Crippen LogP contribution is 2.39. The number of hydrogen-bond donors (Lipinski definition) is 3. The molecule has 8 nitrogen and oxygen atoms in total. The normalized spacial score (nSPS) is 22.6. The van der Waals surface area contributed by atoms with Crippen molar-refractivity contribution >= 4 is 29.0 Å². The molecule has 0 amide bonds. The van der Waals surface area contributed by atoms with E-state index in [1.54, 1.807) is 17.8 Å². The number of amidine groups is 1. The molecule has 2 aromatic rings. The minimum absolute atomic E-state index is 0.0859. The number of hydrogen-bond acceptors (Lipinski definition) is 7. The Kier molecular flexibility index (Phi) is 8.23. The summed E-state index contributed by atoms with van der Waals surface area (Å²) in [5.41, 5.74) is 6.63. The van der Waals surface area contributed by atoms with E-state index < -0.39 is 17.8 Å². The molecule has 1 aromatic carbocycles. The van der Waals surface area contributed by atoms with Crippen molar-refractivity contribution in [1.82, 2.24) is 9.88 Å². The van der Waals surface area contributed by atoms with E-state index in [0.717, 1.165) is 0 Å². The quantitative estimate of drug-likeness (QED) is 0.395. The van der Waals surface area contributed by atoms with Crippen molar-refractivity contribution in [2.24, 2.45) is 16.6 Å². The molecule has 2 fully saturated rings. The summed E-state index contributed by atoms with van der Waals surface area (Å²) < 4.78 is 47.1. The first-order valence-corrected chi connectivity index (χ1v) is 12.7. The number of ether oxygens (including phenoxy) is 1. The standard InChI is InChI=1S/C24H27F3N6O2S/c25-24(26,27)21(33-8-11-36-12-9-33)15-1-3-17(4-2-15)31-22(29)20-18(5-7-30-23(20)34)32-19-14-35-10-6-16(19)13-28/h1-5,7,16,19,21H,6,8-12,14H2,(H2,29,31)(H2,30,32,34)/t16?,19-,21?/m0/s1. The number of thioether (sulfide) groups is 1. The lowest BCUT2D eigenvalue weighted by molar-refractivity contribution is -0.185. The zero-order valence-corrected chi connectivity index (χ0v) is 20.2. The molecule has 0 radical (unpaired) electrons.